The van der Waals surface area contributed by atoms with Crippen molar-refractivity contribution >= 4 is 5.78 Å². The summed E-state index contributed by atoms with van der Waals surface area (Å²) < 4.78 is 5.90. The minimum absolute atomic E-state index is 0.00832. The molecule has 92 valence electrons. The van der Waals surface area contributed by atoms with Crippen LogP contribution in [0, 0.1) is 0 Å². The highest BCUT2D eigenvalue weighted by molar-refractivity contribution is 5.92. The van der Waals surface area contributed by atoms with Crippen LogP contribution in [0.25, 0.3) is 0 Å². The highest BCUT2D eigenvalue weighted by atomic mass is 16.5. The second-order valence-corrected chi connectivity index (χ2v) is 4.67. The lowest BCUT2D eigenvalue weighted by Crippen LogP contribution is -2.15. The van der Waals surface area contributed by atoms with Crippen molar-refractivity contribution in [3.8, 4) is 5.75 Å². The van der Waals surface area contributed by atoms with Gasteiger partial charge in [-0.15, -0.1) is 0 Å². The maximum absolute atomic E-state index is 11.1. The molecule has 0 N–H and O–H groups in total. The monoisotopic (exact) mass is 233 g/mol. The van der Waals surface area contributed by atoms with Crippen LogP contribution in [0.1, 0.15) is 55.9 Å². The van der Waals surface area contributed by atoms with Crippen molar-refractivity contribution in [2.45, 2.75) is 51.6 Å². The fourth-order valence-electron chi connectivity index (χ4n) is 2.21. The Morgan fingerprint density at radius 1 is 1.24 bits per heavy atom. The number of ketones is 1. The smallest absolute Gasteiger partial charge is 0.178 e. The Morgan fingerprint density at radius 3 is 2.47 bits per heavy atom. The van der Waals surface area contributed by atoms with Gasteiger partial charge in [0.25, 0.3) is 0 Å². The molecule has 1 fully saturated rings. The lowest BCUT2D eigenvalue weighted by atomic mass is 10.1. The summed E-state index contributed by atoms with van der Waals surface area (Å²) in [7, 11) is 0. The standard InChI is InChI=1S/C14H19NO2/c1-11(16)14-9-8-13(10-15-14)17-12-6-4-2-3-5-7-12/h8-10,12H,2-7H2,1H3. The molecule has 0 radical (unpaired) electrons. The quantitative estimate of drug-likeness (QED) is 0.593. The van der Waals surface area contributed by atoms with Crippen LogP contribution in [0.2, 0.25) is 0 Å². The molecule has 0 aromatic carbocycles. The van der Waals surface area contributed by atoms with E-state index in [1.807, 2.05) is 6.07 Å². The molecule has 0 amide bonds. The Morgan fingerprint density at radius 2 is 1.94 bits per heavy atom. The molecular formula is C14H19NO2. The summed E-state index contributed by atoms with van der Waals surface area (Å²) in [5, 5.41) is 0. The van der Waals surface area contributed by atoms with E-state index in [9.17, 15) is 4.79 Å². The number of hydrogen-bond acceptors (Lipinski definition) is 3. The van der Waals surface area contributed by atoms with Crippen molar-refractivity contribution in [3.63, 3.8) is 0 Å². The Hall–Kier alpha value is -1.38. The van der Waals surface area contributed by atoms with Gasteiger partial charge in [0, 0.05) is 6.92 Å². The van der Waals surface area contributed by atoms with Gasteiger partial charge in [-0.1, -0.05) is 12.8 Å². The second-order valence-electron chi connectivity index (χ2n) is 4.67. The zero-order chi connectivity index (χ0) is 12.1. The normalized spacial score (nSPS) is 17.5. The van der Waals surface area contributed by atoms with Crippen LogP contribution in [0.5, 0.6) is 5.75 Å². The van der Waals surface area contributed by atoms with E-state index in [1.165, 1.54) is 32.6 Å². The molecule has 0 saturated heterocycles. The van der Waals surface area contributed by atoms with Crippen molar-refractivity contribution in [3.05, 3.63) is 24.0 Å². The van der Waals surface area contributed by atoms with Gasteiger partial charge in [-0.25, -0.2) is 4.98 Å². The molecule has 1 aliphatic carbocycles. The SMILES string of the molecule is CC(=O)c1ccc(OC2CCCCCC2)cn1. The summed E-state index contributed by atoms with van der Waals surface area (Å²) in [6, 6.07) is 3.57. The minimum Gasteiger partial charge on any atom is -0.489 e. The van der Waals surface area contributed by atoms with Gasteiger partial charge >= 0.3 is 0 Å². The molecule has 3 nitrogen and oxygen atoms in total. The van der Waals surface area contributed by atoms with Crippen molar-refractivity contribution in [1.82, 2.24) is 4.98 Å². The number of hydrogen-bond donors (Lipinski definition) is 0. The van der Waals surface area contributed by atoms with Gasteiger partial charge in [0.2, 0.25) is 0 Å². The topological polar surface area (TPSA) is 39.2 Å². The van der Waals surface area contributed by atoms with Crippen molar-refractivity contribution in [1.29, 1.82) is 0 Å². The molecule has 1 aromatic rings. The molecule has 0 spiro atoms. The highest BCUT2D eigenvalue weighted by Gasteiger charge is 2.13. The summed E-state index contributed by atoms with van der Waals surface area (Å²) in [5.41, 5.74) is 0.498. The van der Waals surface area contributed by atoms with Gasteiger partial charge in [0.05, 0.1) is 12.3 Å². The average molecular weight is 233 g/mol. The predicted octanol–water partition coefficient (Wildman–Crippen LogP) is 3.39. The molecule has 0 aliphatic heterocycles. The number of aromatic nitrogens is 1. The molecule has 17 heavy (non-hydrogen) atoms. The Bertz CT molecular complexity index is 364. The van der Waals surface area contributed by atoms with E-state index in [1.54, 1.807) is 12.3 Å². The van der Waals surface area contributed by atoms with Crippen LogP contribution in [-0.4, -0.2) is 16.9 Å². The molecule has 1 aromatic heterocycles. The summed E-state index contributed by atoms with van der Waals surface area (Å²) >= 11 is 0. The second kappa shape index (κ2) is 5.80. The zero-order valence-electron chi connectivity index (χ0n) is 10.3. The molecule has 3 heteroatoms. The van der Waals surface area contributed by atoms with E-state index in [0.29, 0.717) is 11.8 Å². The van der Waals surface area contributed by atoms with Gasteiger partial charge in [0.15, 0.2) is 5.78 Å². The number of ether oxygens (including phenoxy) is 1. The van der Waals surface area contributed by atoms with Gasteiger partial charge in [0.1, 0.15) is 11.4 Å². The molecule has 0 atom stereocenters. The first-order valence-electron chi connectivity index (χ1n) is 6.39. The maximum atomic E-state index is 11.1. The third kappa shape index (κ3) is 3.55. The van der Waals surface area contributed by atoms with Crippen LogP contribution in [0.4, 0.5) is 0 Å². The molecule has 1 saturated carbocycles. The van der Waals surface area contributed by atoms with Gasteiger partial charge in [-0.3, -0.25) is 4.79 Å². The minimum atomic E-state index is -0.00832. The summed E-state index contributed by atoms with van der Waals surface area (Å²) in [5.74, 6) is 0.771. The van der Waals surface area contributed by atoms with Gasteiger partial charge in [-0.05, 0) is 37.8 Å². The van der Waals surface area contributed by atoms with Crippen LogP contribution < -0.4 is 4.74 Å². The molecule has 1 heterocycles. The molecule has 2 rings (SSSR count). The van der Waals surface area contributed by atoms with Crippen molar-refractivity contribution in [2.24, 2.45) is 0 Å². The summed E-state index contributed by atoms with van der Waals surface area (Å²) in [4.78, 5) is 15.2. The van der Waals surface area contributed by atoms with Crippen molar-refractivity contribution in [2.75, 3.05) is 0 Å². The van der Waals surface area contributed by atoms with Gasteiger partial charge in [-0.2, -0.15) is 0 Å². The third-order valence-electron chi connectivity index (χ3n) is 3.20. The number of carbonyl (C=O) groups is 1. The lowest BCUT2D eigenvalue weighted by molar-refractivity contribution is 0.101. The number of nitrogens with zero attached hydrogens (tertiary/aromatic N) is 1. The first kappa shape index (κ1) is 12.1. The summed E-state index contributed by atoms with van der Waals surface area (Å²) in [6.07, 6.45) is 9.39. The number of pyridine rings is 1. The summed E-state index contributed by atoms with van der Waals surface area (Å²) in [6.45, 7) is 1.52. The lowest BCUT2D eigenvalue weighted by Gasteiger charge is -2.16. The number of rotatable bonds is 3. The molecule has 0 bridgehead atoms. The molecule has 0 unspecified atom stereocenters. The largest absolute Gasteiger partial charge is 0.489 e. The van der Waals surface area contributed by atoms with Gasteiger partial charge < -0.3 is 4.74 Å². The molecular weight excluding hydrogens is 214 g/mol. The van der Waals surface area contributed by atoms with E-state index in [2.05, 4.69) is 4.98 Å². The molecule has 1 aliphatic rings. The number of Topliss-reactive ketones (excluding diaryl/α,β-unsaturated/α-hetero) is 1. The Kier molecular flexibility index (Phi) is 4.13. The van der Waals surface area contributed by atoms with Crippen LogP contribution in [0.15, 0.2) is 18.3 Å². The maximum Gasteiger partial charge on any atom is 0.178 e. The number of carbonyl (C=O) groups excluding carboxylic acids is 1. The Balaban J connectivity index is 1.95. The van der Waals surface area contributed by atoms with Crippen LogP contribution >= 0.6 is 0 Å². The fourth-order valence-corrected chi connectivity index (χ4v) is 2.21. The van der Waals surface area contributed by atoms with E-state index in [4.69, 9.17) is 4.74 Å². The highest BCUT2D eigenvalue weighted by Crippen LogP contribution is 2.22. The van der Waals surface area contributed by atoms with Crippen LogP contribution in [0.3, 0.4) is 0 Å². The average Bonchev–Trinajstić information content (AvgIpc) is 2.58. The van der Waals surface area contributed by atoms with Crippen molar-refractivity contribution < 1.29 is 9.53 Å². The van der Waals surface area contributed by atoms with Crippen LogP contribution in [-0.2, 0) is 0 Å². The first-order chi connectivity index (χ1) is 8.25. The zero-order valence-corrected chi connectivity index (χ0v) is 10.3. The first-order valence-corrected chi connectivity index (χ1v) is 6.39. The van der Waals surface area contributed by atoms with E-state index >= 15 is 0 Å². The van der Waals surface area contributed by atoms with E-state index < -0.39 is 0 Å². The van der Waals surface area contributed by atoms with E-state index in [0.717, 1.165) is 18.6 Å². The van der Waals surface area contributed by atoms with E-state index in [-0.39, 0.29) is 5.78 Å². The third-order valence-corrected chi connectivity index (χ3v) is 3.20. The predicted molar refractivity (Wildman–Crippen MR) is 66.4 cm³/mol. The fraction of sp³-hybridized carbons (Fsp3) is 0.571. The Labute approximate surface area is 102 Å².